The highest BCUT2D eigenvalue weighted by Gasteiger charge is 2.37. The lowest BCUT2D eigenvalue weighted by Gasteiger charge is -2.16. The third kappa shape index (κ3) is 5.14. The topological polar surface area (TPSA) is 117 Å². The number of nitrogens with two attached hydrogens (primary N) is 1. The molecule has 0 unspecified atom stereocenters. The molecule has 0 fully saturated rings. The summed E-state index contributed by atoms with van der Waals surface area (Å²) < 4.78 is 22.4. The summed E-state index contributed by atoms with van der Waals surface area (Å²) >= 11 is 5.84. The van der Waals surface area contributed by atoms with Gasteiger partial charge in [-0.1, -0.05) is 28.9 Å². The fraction of sp³-hybridized carbons (Fsp3) is 0.308. The Morgan fingerprint density at radius 1 is 1.22 bits per heavy atom. The minimum atomic E-state index is -4.08. The van der Waals surface area contributed by atoms with Crippen LogP contribution < -0.4 is 5.73 Å². The largest absolute Gasteiger partial charge is 0.388 e. The Morgan fingerprint density at radius 3 is 2.26 bits per heavy atom. The molecule has 1 amide bonds. The number of benzene rings is 1. The predicted octanol–water partition coefficient (Wildman–Crippen LogP) is 2.56. The second-order valence-electron chi connectivity index (χ2n) is 3.97. The van der Waals surface area contributed by atoms with Gasteiger partial charge in [0.1, 0.15) is 0 Å². The van der Waals surface area contributed by atoms with Gasteiger partial charge in [-0.3, -0.25) is 9.36 Å². The van der Waals surface area contributed by atoms with Crippen LogP contribution in [0, 0.1) is 0 Å². The second kappa shape index (κ2) is 8.79. The fourth-order valence-electron chi connectivity index (χ4n) is 1.49. The highest BCUT2D eigenvalue weighted by atomic mass is 35.5. The predicted molar refractivity (Wildman–Crippen MR) is 84.4 cm³/mol. The summed E-state index contributed by atoms with van der Waals surface area (Å²) in [4.78, 5) is 28.0. The Morgan fingerprint density at radius 2 is 1.78 bits per heavy atom. The van der Waals surface area contributed by atoms with E-state index in [2.05, 4.69) is 9.99 Å². The lowest BCUT2D eigenvalue weighted by molar-refractivity contribution is -0.111. The van der Waals surface area contributed by atoms with Crippen molar-refractivity contribution in [3.05, 3.63) is 34.9 Å². The molecule has 0 saturated heterocycles. The van der Waals surface area contributed by atoms with Crippen LogP contribution in [0.2, 0.25) is 5.02 Å². The lowest BCUT2D eigenvalue weighted by Crippen LogP contribution is -2.26. The van der Waals surface area contributed by atoms with Crippen LogP contribution in [-0.4, -0.2) is 30.5 Å². The van der Waals surface area contributed by atoms with Crippen molar-refractivity contribution < 1.29 is 28.0 Å². The first-order valence-electron chi connectivity index (χ1n) is 6.59. The number of carbonyl (C=O) groups excluding carboxylic acids is 2. The average molecular weight is 363 g/mol. The van der Waals surface area contributed by atoms with Gasteiger partial charge in [0, 0.05) is 0 Å². The van der Waals surface area contributed by atoms with Crippen molar-refractivity contribution in [2.75, 3.05) is 13.2 Å². The molecule has 0 aliphatic carbocycles. The van der Waals surface area contributed by atoms with Crippen LogP contribution in [0.15, 0.2) is 29.4 Å². The van der Waals surface area contributed by atoms with Crippen molar-refractivity contribution in [1.82, 2.24) is 0 Å². The van der Waals surface area contributed by atoms with E-state index < -0.39 is 24.9 Å². The highest BCUT2D eigenvalue weighted by molar-refractivity contribution is 7.75. The SMILES string of the molecule is CCOP(=O)(OCC)C(=NOC(=O)c1ccccc1Cl)C(N)=O. The zero-order chi connectivity index (χ0) is 17.5. The summed E-state index contributed by atoms with van der Waals surface area (Å²) in [5.74, 6) is -2.14. The van der Waals surface area contributed by atoms with E-state index in [1.165, 1.54) is 12.1 Å². The van der Waals surface area contributed by atoms with Crippen LogP contribution in [0.3, 0.4) is 0 Å². The van der Waals surface area contributed by atoms with Gasteiger partial charge in [-0.05, 0) is 26.0 Å². The van der Waals surface area contributed by atoms with Crippen LogP contribution >= 0.6 is 19.2 Å². The smallest absolute Gasteiger partial charge is 0.364 e. The Labute approximate surface area is 138 Å². The van der Waals surface area contributed by atoms with Gasteiger partial charge in [0.05, 0.1) is 23.8 Å². The first kappa shape index (κ1) is 19.3. The van der Waals surface area contributed by atoms with Crippen molar-refractivity contribution in [2.45, 2.75) is 13.8 Å². The number of halogens is 1. The molecule has 1 aromatic carbocycles. The first-order chi connectivity index (χ1) is 10.9. The molecular formula is C13H16ClN2O6P. The van der Waals surface area contributed by atoms with Crippen molar-refractivity contribution in [3.8, 4) is 0 Å². The number of hydrogen-bond acceptors (Lipinski definition) is 7. The molecule has 0 spiro atoms. The van der Waals surface area contributed by atoms with E-state index in [1.54, 1.807) is 26.0 Å². The Hall–Kier alpha value is -1.73. The molecule has 0 saturated carbocycles. The van der Waals surface area contributed by atoms with E-state index in [1.807, 2.05) is 0 Å². The number of oxime groups is 1. The normalized spacial score (nSPS) is 12.0. The Balaban J connectivity index is 3.08. The van der Waals surface area contributed by atoms with E-state index in [0.717, 1.165) is 0 Å². The lowest BCUT2D eigenvalue weighted by atomic mass is 10.2. The fourth-order valence-corrected chi connectivity index (χ4v) is 3.11. The maximum Gasteiger partial charge on any atom is 0.388 e. The number of nitrogens with zero attached hydrogens (tertiary/aromatic N) is 1. The average Bonchev–Trinajstić information content (AvgIpc) is 2.47. The third-order valence-corrected chi connectivity index (χ3v) is 4.73. The maximum atomic E-state index is 12.5. The molecule has 0 heterocycles. The summed E-state index contributed by atoms with van der Waals surface area (Å²) in [5, 5.41) is 3.40. The van der Waals surface area contributed by atoms with Crippen molar-refractivity contribution >= 4 is 36.5 Å². The van der Waals surface area contributed by atoms with E-state index in [4.69, 9.17) is 26.4 Å². The quantitative estimate of drug-likeness (QED) is 0.328. The minimum Gasteiger partial charge on any atom is -0.364 e. The number of primary amides is 1. The van der Waals surface area contributed by atoms with Crippen molar-refractivity contribution in [3.63, 3.8) is 0 Å². The Kier molecular flexibility index (Phi) is 7.38. The molecule has 0 aliphatic rings. The van der Waals surface area contributed by atoms with Gasteiger partial charge in [0.15, 0.2) is 0 Å². The molecule has 0 radical (unpaired) electrons. The van der Waals surface area contributed by atoms with Gasteiger partial charge < -0.3 is 19.6 Å². The van der Waals surface area contributed by atoms with Gasteiger partial charge in [-0.15, -0.1) is 0 Å². The number of rotatable bonds is 8. The molecule has 10 heteroatoms. The third-order valence-electron chi connectivity index (χ3n) is 2.39. The summed E-state index contributed by atoms with van der Waals surface area (Å²) in [6.07, 6.45) is 0. The van der Waals surface area contributed by atoms with E-state index in [-0.39, 0.29) is 23.8 Å². The molecule has 0 atom stereocenters. The first-order valence-corrected chi connectivity index (χ1v) is 8.51. The van der Waals surface area contributed by atoms with Gasteiger partial charge in [0.2, 0.25) is 0 Å². The number of carbonyl (C=O) groups is 2. The zero-order valence-corrected chi connectivity index (χ0v) is 14.2. The van der Waals surface area contributed by atoms with Gasteiger partial charge in [-0.25, -0.2) is 4.79 Å². The molecule has 2 N–H and O–H groups in total. The van der Waals surface area contributed by atoms with E-state index >= 15 is 0 Å². The van der Waals surface area contributed by atoms with Crippen LogP contribution in [-0.2, 0) is 23.2 Å². The number of amides is 1. The second-order valence-corrected chi connectivity index (χ2v) is 6.31. The molecule has 1 aromatic rings. The maximum absolute atomic E-state index is 12.5. The van der Waals surface area contributed by atoms with E-state index in [0.29, 0.717) is 0 Å². The van der Waals surface area contributed by atoms with Crippen LogP contribution in [0.5, 0.6) is 0 Å². The van der Waals surface area contributed by atoms with E-state index in [9.17, 15) is 14.2 Å². The molecule has 23 heavy (non-hydrogen) atoms. The minimum absolute atomic E-state index is 0.0180. The molecular weight excluding hydrogens is 347 g/mol. The monoisotopic (exact) mass is 362 g/mol. The van der Waals surface area contributed by atoms with Crippen molar-refractivity contribution in [2.24, 2.45) is 10.9 Å². The molecule has 0 aromatic heterocycles. The molecule has 126 valence electrons. The standard InChI is InChI=1S/C13H16ClN2O6P/c1-3-20-23(19,21-4-2)12(11(15)17)16-22-13(18)9-7-5-6-8-10(9)14/h5-8H,3-4H2,1-2H3,(H2,15,17). The van der Waals surface area contributed by atoms with Gasteiger partial charge in [0.25, 0.3) is 11.4 Å². The highest BCUT2D eigenvalue weighted by Crippen LogP contribution is 2.49. The van der Waals surface area contributed by atoms with Crippen LogP contribution in [0.4, 0.5) is 0 Å². The van der Waals surface area contributed by atoms with Crippen LogP contribution in [0.1, 0.15) is 24.2 Å². The zero-order valence-electron chi connectivity index (χ0n) is 12.5. The Bertz CT molecular complexity index is 654. The summed E-state index contributed by atoms with van der Waals surface area (Å²) in [7, 11) is -4.08. The molecule has 1 rings (SSSR count). The summed E-state index contributed by atoms with van der Waals surface area (Å²) in [6, 6.07) is 6.05. The number of hydrogen-bond donors (Lipinski definition) is 1. The summed E-state index contributed by atoms with van der Waals surface area (Å²) in [5.41, 5.74) is 4.33. The van der Waals surface area contributed by atoms with Gasteiger partial charge in [-0.2, -0.15) is 0 Å². The molecule has 0 aliphatic heterocycles. The van der Waals surface area contributed by atoms with Gasteiger partial charge >= 0.3 is 13.6 Å². The molecule has 8 nitrogen and oxygen atoms in total. The van der Waals surface area contributed by atoms with Crippen LogP contribution in [0.25, 0.3) is 0 Å². The van der Waals surface area contributed by atoms with Crippen molar-refractivity contribution in [1.29, 1.82) is 0 Å². The summed E-state index contributed by atoms with van der Waals surface area (Å²) in [6.45, 7) is 3.03. The molecule has 0 bridgehead atoms.